The van der Waals surface area contributed by atoms with Gasteiger partial charge in [0.05, 0.1) is 14.2 Å². The van der Waals surface area contributed by atoms with Gasteiger partial charge in [-0.2, -0.15) is 6.07 Å². The Morgan fingerprint density at radius 3 is 1.54 bits per heavy atom. The molecular weight excluding hydrogens is 440 g/mol. The molecule has 3 rings (SSSR count). The van der Waals surface area contributed by atoms with Crippen molar-refractivity contribution in [2.24, 2.45) is 0 Å². The van der Waals surface area contributed by atoms with E-state index in [-0.39, 0.29) is 26.2 Å². The average Bonchev–Trinajstić information content (AvgIpc) is 3.37. The zero-order valence-corrected chi connectivity index (χ0v) is 21.2. The van der Waals surface area contributed by atoms with Crippen LogP contribution in [0.15, 0.2) is 12.1 Å². The van der Waals surface area contributed by atoms with Crippen molar-refractivity contribution < 1.29 is 35.7 Å². The van der Waals surface area contributed by atoms with Gasteiger partial charge in [0.15, 0.2) is 0 Å². The first-order valence-electron chi connectivity index (χ1n) is 8.97. The molecule has 2 saturated carbocycles. The van der Waals surface area contributed by atoms with E-state index in [1.807, 2.05) is 83.3 Å². The molecule has 10 radical (unpaired) electrons. The standard InChI is InChI=1S/C14H20O2Si.2C5H5.Zr/c1-11(10-17(4,5)6)13-9-12(15-2)7-8-14(13)16-3;2*1-2-4-5-3-1;/h7-8H,1-6H3;2*1-5H;/q-2;;;+2. The van der Waals surface area contributed by atoms with E-state index in [0.717, 1.165) is 22.6 Å². The summed E-state index contributed by atoms with van der Waals surface area (Å²) in [6.45, 7) is 8.81. The van der Waals surface area contributed by atoms with Crippen LogP contribution in [0.1, 0.15) is 12.5 Å². The second-order valence-corrected chi connectivity index (χ2v) is 11.6. The third-order valence-corrected chi connectivity index (χ3v) is 4.49. The Morgan fingerprint density at radius 1 is 0.786 bits per heavy atom. The van der Waals surface area contributed by atoms with Gasteiger partial charge in [0, 0.05) is 5.75 Å². The largest absolute Gasteiger partial charge is 2.00 e. The van der Waals surface area contributed by atoms with Crippen LogP contribution in [0.3, 0.4) is 0 Å². The van der Waals surface area contributed by atoms with Crippen LogP contribution < -0.4 is 9.47 Å². The Balaban J connectivity index is 0.000000535. The van der Waals surface area contributed by atoms with Gasteiger partial charge in [0.25, 0.3) is 0 Å². The number of hydrogen-bond donors (Lipinski definition) is 0. The van der Waals surface area contributed by atoms with Gasteiger partial charge in [0.1, 0.15) is 0 Å². The van der Waals surface area contributed by atoms with Gasteiger partial charge in [-0.1, -0.05) is 19.6 Å². The predicted molar refractivity (Wildman–Crippen MR) is 117 cm³/mol. The van der Waals surface area contributed by atoms with Gasteiger partial charge in [-0.25, -0.2) is 0 Å². The van der Waals surface area contributed by atoms with Crippen LogP contribution >= 0.6 is 0 Å². The van der Waals surface area contributed by atoms with Crippen LogP contribution in [0.5, 0.6) is 11.5 Å². The van der Waals surface area contributed by atoms with Gasteiger partial charge in [0.2, 0.25) is 0 Å². The predicted octanol–water partition coefficient (Wildman–Crippen LogP) is 5.63. The molecule has 0 saturated heterocycles. The van der Waals surface area contributed by atoms with Gasteiger partial charge in [-0.05, 0) is 78.0 Å². The van der Waals surface area contributed by atoms with Crippen molar-refractivity contribution in [3.63, 3.8) is 0 Å². The summed E-state index contributed by atoms with van der Waals surface area (Å²) in [6, 6.07) is 6.97. The molecule has 146 valence electrons. The molecule has 0 unspecified atom stereocenters. The monoisotopic (exact) mass is 468 g/mol. The molecule has 2 aliphatic carbocycles. The first-order valence-corrected chi connectivity index (χ1v) is 12.5. The fourth-order valence-electron chi connectivity index (χ4n) is 2.30. The topological polar surface area (TPSA) is 18.5 Å². The molecule has 1 aromatic rings. The summed E-state index contributed by atoms with van der Waals surface area (Å²) in [5.74, 6) is 1.53. The fourth-order valence-corrected chi connectivity index (χ4v) is 3.55. The van der Waals surface area contributed by atoms with E-state index >= 15 is 0 Å². The van der Waals surface area contributed by atoms with Crippen LogP contribution in [0.25, 0.3) is 5.57 Å². The third-order valence-electron chi connectivity index (χ3n) is 3.37. The molecule has 0 aliphatic heterocycles. The molecule has 0 amide bonds. The van der Waals surface area contributed by atoms with E-state index in [2.05, 4.69) is 31.4 Å². The summed E-state index contributed by atoms with van der Waals surface area (Å²) >= 11 is 0. The Hall–Kier alpha value is -0.340. The summed E-state index contributed by atoms with van der Waals surface area (Å²) in [6.07, 6.45) is 20.0. The maximum Gasteiger partial charge on any atom is 2.00 e. The number of benzene rings is 1. The average molecular weight is 470 g/mol. The number of methoxy groups -OCH3 is 2. The SMILES string of the molecule is COc1[c-]c(C(C)=[C-][Si](C)(C)C)c(OC)cc1.[CH]1[CH][CH][CH][CH]1.[CH]1[CH][CH][CH][CH]1.[Zr+2]. The second-order valence-electron chi connectivity index (χ2n) is 6.89. The number of ether oxygens (including phenoxy) is 2. The quantitative estimate of drug-likeness (QED) is 0.420. The summed E-state index contributed by atoms with van der Waals surface area (Å²) in [5, 5.41) is 0. The summed E-state index contributed by atoms with van der Waals surface area (Å²) in [7, 11) is 1.94. The van der Waals surface area contributed by atoms with Crippen molar-refractivity contribution >= 4 is 13.6 Å². The van der Waals surface area contributed by atoms with Gasteiger partial charge in [-0.15, -0.1) is 19.1 Å². The minimum absolute atomic E-state index is 0. The van der Waals surface area contributed by atoms with E-state index in [9.17, 15) is 0 Å². The fraction of sp³-hybridized carbons (Fsp3) is 0.250. The molecule has 1 aromatic carbocycles. The van der Waals surface area contributed by atoms with Crippen molar-refractivity contribution in [2.45, 2.75) is 26.6 Å². The number of allylic oxidation sites excluding steroid dienone is 1. The molecule has 0 heterocycles. The van der Waals surface area contributed by atoms with Crippen LogP contribution in [-0.2, 0) is 26.2 Å². The zero-order chi connectivity index (χ0) is 20.1. The molecule has 2 fully saturated rings. The number of hydrogen-bond acceptors (Lipinski definition) is 2. The van der Waals surface area contributed by atoms with E-state index in [0.29, 0.717) is 0 Å². The normalized spacial score (nSPS) is 16.1. The minimum atomic E-state index is -1.37. The maximum atomic E-state index is 5.35. The Kier molecular flexibility index (Phi) is 15.3. The molecule has 0 bridgehead atoms. The first kappa shape index (κ1) is 27.7. The van der Waals surface area contributed by atoms with E-state index < -0.39 is 8.07 Å². The van der Waals surface area contributed by atoms with Crippen LogP contribution in [0.4, 0.5) is 0 Å². The van der Waals surface area contributed by atoms with Gasteiger partial charge in [-0.3, -0.25) is 5.56 Å². The molecule has 0 aromatic heterocycles. The number of rotatable bonds is 4. The van der Waals surface area contributed by atoms with Crippen LogP contribution in [-0.4, -0.2) is 22.3 Å². The molecular formula is C24H30O2SiZr. The van der Waals surface area contributed by atoms with Gasteiger partial charge >= 0.3 is 26.2 Å². The Bertz CT molecular complexity index is 531. The van der Waals surface area contributed by atoms with Crippen molar-refractivity contribution in [1.82, 2.24) is 0 Å². The summed E-state index contributed by atoms with van der Waals surface area (Å²) in [4.78, 5) is 0. The molecule has 2 nitrogen and oxygen atoms in total. The van der Waals surface area contributed by atoms with E-state index in [1.165, 1.54) is 0 Å². The molecule has 28 heavy (non-hydrogen) atoms. The summed E-state index contributed by atoms with van der Waals surface area (Å²) < 4.78 is 10.5. The second kappa shape index (κ2) is 15.5. The first-order chi connectivity index (χ1) is 12.9. The molecule has 0 spiro atoms. The van der Waals surface area contributed by atoms with Crippen LogP contribution in [0, 0.1) is 76.0 Å². The maximum absolute atomic E-state index is 5.35. The molecule has 4 heteroatoms. The Morgan fingerprint density at radius 2 is 1.21 bits per heavy atom. The molecule has 2 aliphatic rings. The van der Waals surface area contributed by atoms with Crippen molar-refractivity contribution in [3.8, 4) is 11.5 Å². The minimum Gasteiger partial charge on any atom is -0.558 e. The Labute approximate surface area is 194 Å². The molecule has 0 atom stereocenters. The molecule has 0 N–H and O–H groups in total. The van der Waals surface area contributed by atoms with E-state index in [4.69, 9.17) is 9.47 Å². The van der Waals surface area contributed by atoms with E-state index in [1.54, 1.807) is 14.2 Å². The zero-order valence-electron chi connectivity index (χ0n) is 17.7. The van der Waals surface area contributed by atoms with Crippen molar-refractivity contribution in [2.75, 3.05) is 14.2 Å². The van der Waals surface area contributed by atoms with Crippen LogP contribution in [0.2, 0.25) is 19.6 Å². The smallest absolute Gasteiger partial charge is 0.558 e. The van der Waals surface area contributed by atoms with Crippen molar-refractivity contribution in [1.29, 1.82) is 0 Å². The van der Waals surface area contributed by atoms with Crippen molar-refractivity contribution in [3.05, 3.63) is 93.7 Å². The van der Waals surface area contributed by atoms with Gasteiger partial charge < -0.3 is 20.7 Å². The third kappa shape index (κ3) is 12.3. The summed E-state index contributed by atoms with van der Waals surface area (Å²) in [5.41, 5.74) is 5.57.